The number of carboxylic acid groups (broad SMARTS) is 1. The van der Waals surface area contributed by atoms with E-state index in [-0.39, 0.29) is 17.7 Å². The molecule has 1 aliphatic rings. The van der Waals surface area contributed by atoms with Crippen molar-refractivity contribution in [3.8, 4) is 0 Å². The summed E-state index contributed by atoms with van der Waals surface area (Å²) < 4.78 is 0. The molecule has 0 radical (unpaired) electrons. The first-order valence-corrected chi connectivity index (χ1v) is 6.02. The minimum Gasteiger partial charge on any atom is -0.481 e. The maximum absolute atomic E-state index is 11.8. The average molecular weight is 248 g/mol. The topological polar surface area (TPSA) is 79.3 Å². The summed E-state index contributed by atoms with van der Waals surface area (Å²) in [5.74, 6) is -1.05. The molecule has 0 unspecified atom stereocenters. The van der Waals surface area contributed by atoms with Gasteiger partial charge in [0.2, 0.25) is 0 Å². The van der Waals surface area contributed by atoms with Crippen molar-refractivity contribution >= 4 is 11.9 Å². The van der Waals surface area contributed by atoms with E-state index >= 15 is 0 Å². The number of carbonyl (C=O) groups excluding carboxylic acids is 1. The number of pyridine rings is 1. The molecule has 5 nitrogen and oxygen atoms in total. The SMILES string of the molecule is O=C(O)CC1(CNC(=O)c2ccccn2)CCC1. The zero-order valence-electron chi connectivity index (χ0n) is 10.1. The number of hydrogen-bond donors (Lipinski definition) is 2. The van der Waals surface area contributed by atoms with Crippen molar-refractivity contribution in [1.29, 1.82) is 0 Å². The summed E-state index contributed by atoms with van der Waals surface area (Å²) in [4.78, 5) is 26.5. The summed E-state index contributed by atoms with van der Waals surface area (Å²) >= 11 is 0. The number of amides is 1. The Hall–Kier alpha value is -1.91. The van der Waals surface area contributed by atoms with Gasteiger partial charge in [-0.3, -0.25) is 14.6 Å². The summed E-state index contributed by atoms with van der Waals surface area (Å²) in [5, 5.41) is 11.7. The van der Waals surface area contributed by atoms with Crippen molar-refractivity contribution < 1.29 is 14.7 Å². The predicted octanol–water partition coefficient (Wildman–Crippen LogP) is 1.46. The van der Waals surface area contributed by atoms with Gasteiger partial charge in [-0.2, -0.15) is 0 Å². The maximum atomic E-state index is 11.8. The first-order valence-electron chi connectivity index (χ1n) is 6.02. The second-order valence-corrected chi connectivity index (χ2v) is 4.82. The van der Waals surface area contributed by atoms with Crippen molar-refractivity contribution in [2.24, 2.45) is 5.41 Å². The number of aliphatic carboxylic acids is 1. The lowest BCUT2D eigenvalue weighted by Crippen LogP contribution is -2.43. The Morgan fingerprint density at radius 2 is 2.17 bits per heavy atom. The molecule has 0 aliphatic heterocycles. The van der Waals surface area contributed by atoms with E-state index < -0.39 is 5.97 Å². The normalized spacial score (nSPS) is 16.7. The van der Waals surface area contributed by atoms with Crippen molar-refractivity contribution in [2.45, 2.75) is 25.7 Å². The number of carboxylic acids is 1. The van der Waals surface area contributed by atoms with Crippen LogP contribution in [-0.2, 0) is 4.79 Å². The van der Waals surface area contributed by atoms with Gasteiger partial charge in [0.1, 0.15) is 5.69 Å². The van der Waals surface area contributed by atoms with Crippen LogP contribution in [0.5, 0.6) is 0 Å². The fourth-order valence-electron chi connectivity index (χ4n) is 2.27. The standard InChI is InChI=1S/C13H16N2O3/c16-11(17)8-13(5-3-6-13)9-15-12(18)10-4-1-2-7-14-10/h1-2,4,7H,3,5-6,8-9H2,(H,15,18)(H,16,17). The van der Waals surface area contributed by atoms with Crippen LogP contribution in [0.25, 0.3) is 0 Å². The fourth-order valence-corrected chi connectivity index (χ4v) is 2.27. The van der Waals surface area contributed by atoms with Crippen LogP contribution in [0.2, 0.25) is 0 Å². The Balaban J connectivity index is 1.91. The van der Waals surface area contributed by atoms with Gasteiger partial charge in [0.25, 0.3) is 5.91 Å². The summed E-state index contributed by atoms with van der Waals surface area (Å²) in [6.07, 6.45) is 4.44. The highest BCUT2D eigenvalue weighted by Gasteiger charge is 2.39. The number of rotatable bonds is 5. The van der Waals surface area contributed by atoms with Gasteiger partial charge in [-0.15, -0.1) is 0 Å². The number of carbonyl (C=O) groups is 2. The highest BCUT2D eigenvalue weighted by atomic mass is 16.4. The largest absolute Gasteiger partial charge is 0.481 e. The highest BCUT2D eigenvalue weighted by Crippen LogP contribution is 2.43. The first-order chi connectivity index (χ1) is 8.61. The molecular weight excluding hydrogens is 232 g/mol. The number of aromatic nitrogens is 1. The van der Waals surface area contributed by atoms with E-state index in [9.17, 15) is 9.59 Å². The van der Waals surface area contributed by atoms with Gasteiger partial charge >= 0.3 is 5.97 Å². The molecule has 0 spiro atoms. The molecule has 1 fully saturated rings. The van der Waals surface area contributed by atoms with Gasteiger partial charge in [-0.05, 0) is 30.4 Å². The van der Waals surface area contributed by atoms with Crippen LogP contribution in [0.1, 0.15) is 36.2 Å². The monoisotopic (exact) mass is 248 g/mol. The van der Waals surface area contributed by atoms with Crippen LogP contribution >= 0.6 is 0 Å². The molecule has 2 rings (SSSR count). The Kier molecular flexibility index (Phi) is 3.60. The third-order valence-electron chi connectivity index (χ3n) is 3.46. The number of nitrogens with one attached hydrogen (secondary N) is 1. The fraction of sp³-hybridized carbons (Fsp3) is 0.462. The third kappa shape index (κ3) is 2.85. The lowest BCUT2D eigenvalue weighted by molar-refractivity contribution is -0.141. The summed E-state index contributed by atoms with van der Waals surface area (Å²) in [6, 6.07) is 5.13. The minimum absolute atomic E-state index is 0.121. The Bertz CT molecular complexity index is 441. The van der Waals surface area contributed by atoms with E-state index in [0.29, 0.717) is 12.2 Å². The quantitative estimate of drug-likeness (QED) is 0.826. The smallest absolute Gasteiger partial charge is 0.303 e. The number of nitrogens with zero attached hydrogens (tertiary/aromatic N) is 1. The second kappa shape index (κ2) is 5.16. The van der Waals surface area contributed by atoms with Crippen LogP contribution < -0.4 is 5.32 Å². The van der Waals surface area contributed by atoms with Crippen LogP contribution in [0.15, 0.2) is 24.4 Å². The third-order valence-corrected chi connectivity index (χ3v) is 3.46. The van der Waals surface area contributed by atoms with E-state index in [2.05, 4.69) is 10.3 Å². The molecule has 2 N–H and O–H groups in total. The molecule has 96 valence electrons. The lowest BCUT2D eigenvalue weighted by atomic mass is 9.66. The highest BCUT2D eigenvalue weighted by molar-refractivity contribution is 5.92. The molecule has 1 aliphatic carbocycles. The van der Waals surface area contributed by atoms with E-state index in [0.717, 1.165) is 19.3 Å². The lowest BCUT2D eigenvalue weighted by Gasteiger charge is -2.40. The van der Waals surface area contributed by atoms with Crippen molar-refractivity contribution in [1.82, 2.24) is 10.3 Å². The summed E-state index contributed by atoms with van der Waals surface area (Å²) in [6.45, 7) is 0.411. The maximum Gasteiger partial charge on any atom is 0.303 e. The Morgan fingerprint density at radius 3 is 2.67 bits per heavy atom. The molecule has 5 heteroatoms. The molecule has 18 heavy (non-hydrogen) atoms. The predicted molar refractivity (Wildman–Crippen MR) is 65.1 cm³/mol. The molecular formula is C13H16N2O3. The average Bonchev–Trinajstić information content (AvgIpc) is 2.32. The van der Waals surface area contributed by atoms with Crippen LogP contribution in [0, 0.1) is 5.41 Å². The van der Waals surface area contributed by atoms with Crippen LogP contribution in [-0.4, -0.2) is 28.5 Å². The number of hydrogen-bond acceptors (Lipinski definition) is 3. The Labute approximate surface area is 105 Å². The van der Waals surface area contributed by atoms with Gasteiger partial charge in [0.15, 0.2) is 0 Å². The van der Waals surface area contributed by atoms with E-state index in [1.807, 2.05) is 0 Å². The van der Waals surface area contributed by atoms with Gasteiger partial charge in [-0.1, -0.05) is 12.5 Å². The zero-order chi connectivity index (χ0) is 13.0. The molecule has 1 aromatic rings. The molecule has 0 bridgehead atoms. The minimum atomic E-state index is -0.804. The van der Waals surface area contributed by atoms with Crippen LogP contribution in [0.3, 0.4) is 0 Å². The van der Waals surface area contributed by atoms with Gasteiger partial charge in [-0.25, -0.2) is 0 Å². The molecule has 0 atom stereocenters. The first kappa shape index (κ1) is 12.5. The summed E-state index contributed by atoms with van der Waals surface area (Å²) in [7, 11) is 0. The molecule has 1 heterocycles. The van der Waals surface area contributed by atoms with Crippen molar-refractivity contribution in [3.05, 3.63) is 30.1 Å². The second-order valence-electron chi connectivity index (χ2n) is 4.82. The summed E-state index contributed by atoms with van der Waals surface area (Å²) in [5.41, 5.74) is 0.110. The van der Waals surface area contributed by atoms with Gasteiger partial charge in [0.05, 0.1) is 6.42 Å². The van der Waals surface area contributed by atoms with E-state index in [4.69, 9.17) is 5.11 Å². The molecule has 0 saturated heterocycles. The molecule has 0 aromatic carbocycles. The van der Waals surface area contributed by atoms with Crippen LogP contribution in [0.4, 0.5) is 0 Å². The van der Waals surface area contributed by atoms with Crippen molar-refractivity contribution in [2.75, 3.05) is 6.54 Å². The molecule has 1 saturated carbocycles. The molecule has 1 amide bonds. The van der Waals surface area contributed by atoms with Crippen molar-refractivity contribution in [3.63, 3.8) is 0 Å². The van der Waals surface area contributed by atoms with Gasteiger partial charge < -0.3 is 10.4 Å². The van der Waals surface area contributed by atoms with E-state index in [1.54, 1.807) is 24.4 Å². The zero-order valence-corrected chi connectivity index (χ0v) is 10.1. The molecule has 1 aromatic heterocycles. The van der Waals surface area contributed by atoms with Gasteiger partial charge in [0, 0.05) is 12.7 Å². The van der Waals surface area contributed by atoms with E-state index in [1.165, 1.54) is 0 Å². The Morgan fingerprint density at radius 1 is 1.39 bits per heavy atom.